The van der Waals surface area contributed by atoms with Gasteiger partial charge in [-0.3, -0.25) is 9.36 Å². The SMILES string of the molecule is N[C@@H]1Cc2c3n(c4ccccc24)C(=O)C[C@H]2CC[C@@H]1[C@@H]32.O=C(O)/C=C/C(=O)O. The Kier molecular flexibility index (Phi) is 4.55. The summed E-state index contributed by atoms with van der Waals surface area (Å²) in [5.41, 5.74) is 10.2. The minimum absolute atomic E-state index is 0.268. The molecule has 3 aliphatic rings. The van der Waals surface area contributed by atoms with Crippen molar-refractivity contribution in [2.45, 2.75) is 37.6 Å². The van der Waals surface area contributed by atoms with E-state index in [1.54, 1.807) is 0 Å². The summed E-state index contributed by atoms with van der Waals surface area (Å²) in [5.74, 6) is -0.573. The summed E-state index contributed by atoms with van der Waals surface area (Å²) in [6.45, 7) is 0. The molecule has 0 unspecified atom stereocenters. The van der Waals surface area contributed by atoms with Crippen LogP contribution >= 0.6 is 0 Å². The lowest BCUT2D eigenvalue weighted by Crippen LogP contribution is -2.42. The quantitative estimate of drug-likeness (QED) is 0.686. The number of carboxylic acids is 2. The van der Waals surface area contributed by atoms with Crippen LogP contribution in [0.1, 0.15) is 41.2 Å². The molecule has 4 atom stereocenters. The highest BCUT2D eigenvalue weighted by molar-refractivity contribution is 5.97. The van der Waals surface area contributed by atoms with Crippen LogP contribution in [0.4, 0.5) is 0 Å². The summed E-state index contributed by atoms with van der Waals surface area (Å²) < 4.78 is 2.02. The molecular formula is C21H22N2O5. The number of rotatable bonds is 2. The van der Waals surface area contributed by atoms with Gasteiger partial charge >= 0.3 is 11.9 Å². The van der Waals surface area contributed by atoms with Crippen molar-refractivity contribution in [1.29, 1.82) is 0 Å². The molecule has 1 saturated carbocycles. The molecule has 0 bridgehead atoms. The van der Waals surface area contributed by atoms with Gasteiger partial charge in [0.15, 0.2) is 0 Å². The second kappa shape index (κ2) is 6.91. The Morgan fingerprint density at radius 3 is 2.43 bits per heavy atom. The van der Waals surface area contributed by atoms with Gasteiger partial charge in [-0.05, 0) is 42.7 Å². The van der Waals surface area contributed by atoms with Gasteiger partial charge in [-0.1, -0.05) is 18.2 Å². The van der Waals surface area contributed by atoms with Crippen LogP contribution < -0.4 is 5.73 Å². The normalized spacial score (nSPS) is 27.4. The maximum Gasteiger partial charge on any atom is 0.328 e. The largest absolute Gasteiger partial charge is 0.478 e. The average molecular weight is 382 g/mol. The Morgan fingerprint density at radius 1 is 1.07 bits per heavy atom. The van der Waals surface area contributed by atoms with Crippen LogP contribution in [-0.2, 0) is 16.0 Å². The van der Waals surface area contributed by atoms with Crippen molar-refractivity contribution in [3.8, 4) is 0 Å². The Hall–Kier alpha value is -2.93. The summed E-state index contributed by atoms with van der Waals surface area (Å²) in [7, 11) is 0. The number of nitrogens with zero attached hydrogens (tertiary/aromatic N) is 1. The molecule has 0 saturated heterocycles. The summed E-state index contributed by atoms with van der Waals surface area (Å²) in [5, 5.41) is 16.9. The van der Waals surface area contributed by atoms with Crippen molar-refractivity contribution in [3.05, 3.63) is 47.7 Å². The first-order valence-electron chi connectivity index (χ1n) is 9.43. The molecular weight excluding hydrogens is 360 g/mol. The number of carbonyl (C=O) groups is 3. The lowest BCUT2D eigenvalue weighted by atomic mass is 9.72. The number of benzene rings is 1. The van der Waals surface area contributed by atoms with Crippen molar-refractivity contribution in [1.82, 2.24) is 4.57 Å². The minimum atomic E-state index is -1.26. The number of hydrogen-bond donors (Lipinski definition) is 3. The number of hydrogen-bond acceptors (Lipinski definition) is 4. The number of nitrogens with two attached hydrogens (primary N) is 1. The van der Waals surface area contributed by atoms with E-state index in [0.29, 0.717) is 42.2 Å². The molecule has 2 aromatic rings. The predicted molar refractivity (Wildman–Crippen MR) is 102 cm³/mol. The number of carbonyl (C=O) groups excluding carboxylic acids is 1. The van der Waals surface area contributed by atoms with Gasteiger partial charge in [0.05, 0.1) is 5.52 Å². The Bertz CT molecular complexity index is 990. The van der Waals surface area contributed by atoms with Crippen LogP contribution in [0.15, 0.2) is 36.4 Å². The van der Waals surface area contributed by atoms with Gasteiger partial charge in [0, 0.05) is 41.6 Å². The highest BCUT2D eigenvalue weighted by Gasteiger charge is 2.50. The molecule has 0 amide bonds. The molecule has 1 aromatic carbocycles. The highest BCUT2D eigenvalue weighted by atomic mass is 16.4. The van der Waals surface area contributed by atoms with Crippen LogP contribution in [0.5, 0.6) is 0 Å². The Labute approximate surface area is 161 Å². The molecule has 146 valence electrons. The van der Waals surface area contributed by atoms with Gasteiger partial charge in [0.25, 0.3) is 0 Å². The lowest BCUT2D eigenvalue weighted by Gasteiger charge is -2.38. The van der Waals surface area contributed by atoms with Gasteiger partial charge in [-0.15, -0.1) is 0 Å². The Balaban J connectivity index is 0.000000208. The van der Waals surface area contributed by atoms with E-state index < -0.39 is 11.9 Å². The Morgan fingerprint density at radius 2 is 1.75 bits per heavy atom. The topological polar surface area (TPSA) is 123 Å². The third-order valence-corrected chi connectivity index (χ3v) is 6.22. The molecule has 0 spiro atoms. The van der Waals surface area contributed by atoms with Crippen molar-refractivity contribution in [3.63, 3.8) is 0 Å². The molecule has 1 aliphatic heterocycles. The van der Waals surface area contributed by atoms with Crippen molar-refractivity contribution in [2.75, 3.05) is 0 Å². The van der Waals surface area contributed by atoms with Gasteiger partial charge in [-0.25, -0.2) is 9.59 Å². The molecule has 0 radical (unpaired) electrons. The average Bonchev–Trinajstić information content (AvgIpc) is 3.21. The van der Waals surface area contributed by atoms with E-state index in [0.717, 1.165) is 11.9 Å². The van der Waals surface area contributed by atoms with Gasteiger partial charge in [-0.2, -0.15) is 0 Å². The third kappa shape index (κ3) is 2.92. The van der Waals surface area contributed by atoms with E-state index in [2.05, 4.69) is 18.2 Å². The molecule has 7 nitrogen and oxygen atoms in total. The second-order valence-electron chi connectivity index (χ2n) is 7.72. The fourth-order valence-electron chi connectivity index (χ4n) is 5.26. The first-order chi connectivity index (χ1) is 13.4. The highest BCUT2D eigenvalue weighted by Crippen LogP contribution is 2.55. The summed E-state index contributed by atoms with van der Waals surface area (Å²) >= 11 is 0. The van der Waals surface area contributed by atoms with E-state index in [4.69, 9.17) is 15.9 Å². The fraction of sp³-hybridized carbons (Fsp3) is 0.381. The first kappa shape index (κ1) is 18.4. The summed E-state index contributed by atoms with van der Waals surface area (Å²) in [4.78, 5) is 31.7. The third-order valence-electron chi connectivity index (χ3n) is 6.22. The summed E-state index contributed by atoms with van der Waals surface area (Å²) in [6.07, 6.45) is 5.13. The number of para-hydroxylation sites is 1. The van der Waals surface area contributed by atoms with E-state index >= 15 is 0 Å². The zero-order chi connectivity index (χ0) is 20.0. The molecule has 1 fully saturated rings. The van der Waals surface area contributed by atoms with Crippen LogP contribution in [0.2, 0.25) is 0 Å². The smallest absolute Gasteiger partial charge is 0.328 e. The van der Waals surface area contributed by atoms with E-state index in [1.165, 1.54) is 29.5 Å². The van der Waals surface area contributed by atoms with Crippen LogP contribution in [-0.4, -0.2) is 38.7 Å². The number of aliphatic carboxylic acids is 2. The van der Waals surface area contributed by atoms with Crippen LogP contribution in [0.25, 0.3) is 10.9 Å². The molecule has 7 heteroatoms. The van der Waals surface area contributed by atoms with E-state index in [1.807, 2.05) is 10.6 Å². The molecule has 4 N–H and O–H groups in total. The molecule has 2 aliphatic carbocycles. The second-order valence-corrected chi connectivity index (χ2v) is 7.72. The maximum atomic E-state index is 12.6. The van der Waals surface area contributed by atoms with E-state index in [9.17, 15) is 14.4 Å². The van der Waals surface area contributed by atoms with Crippen molar-refractivity contribution in [2.24, 2.45) is 17.6 Å². The zero-order valence-electron chi connectivity index (χ0n) is 15.2. The summed E-state index contributed by atoms with van der Waals surface area (Å²) in [6, 6.07) is 8.61. The van der Waals surface area contributed by atoms with Crippen molar-refractivity contribution >= 4 is 28.7 Å². The van der Waals surface area contributed by atoms with Crippen LogP contribution in [0, 0.1) is 11.8 Å². The standard InChI is InChI=1S/C17H18N2O.C4H4O4/c18-13-8-12-10-3-1-2-4-14(10)19-15(20)7-9-5-6-11(13)16(9)17(12)19;5-3(6)1-2-4(7)8/h1-4,9,11,13,16H,5-8,18H2;1-2H,(H,5,6)(H,7,8)/b;2-1+/t9-,11+,13-,16+;/m1./s1. The predicted octanol–water partition coefficient (Wildman–Crippen LogP) is 2.39. The van der Waals surface area contributed by atoms with Gasteiger partial charge in [0.2, 0.25) is 5.91 Å². The molecule has 28 heavy (non-hydrogen) atoms. The number of fused-ring (bicyclic) bond motifs is 3. The van der Waals surface area contributed by atoms with Crippen LogP contribution in [0.3, 0.4) is 0 Å². The number of aromatic nitrogens is 1. The lowest BCUT2D eigenvalue weighted by molar-refractivity contribution is -0.134. The van der Waals surface area contributed by atoms with E-state index in [-0.39, 0.29) is 6.04 Å². The zero-order valence-corrected chi connectivity index (χ0v) is 15.2. The first-order valence-corrected chi connectivity index (χ1v) is 9.43. The monoisotopic (exact) mass is 382 g/mol. The molecule has 1 aromatic heterocycles. The minimum Gasteiger partial charge on any atom is -0.478 e. The molecule has 5 rings (SSSR count). The molecule has 2 heterocycles. The maximum absolute atomic E-state index is 12.6. The number of carboxylic acid groups (broad SMARTS) is 2. The van der Waals surface area contributed by atoms with Crippen molar-refractivity contribution < 1.29 is 24.6 Å². The van der Waals surface area contributed by atoms with Gasteiger partial charge in [0.1, 0.15) is 0 Å². The van der Waals surface area contributed by atoms with Gasteiger partial charge < -0.3 is 15.9 Å². The fourth-order valence-corrected chi connectivity index (χ4v) is 5.26.